The third-order valence-electron chi connectivity index (χ3n) is 3.76. The third kappa shape index (κ3) is 5.84. The van der Waals surface area contributed by atoms with Crippen molar-refractivity contribution in [2.75, 3.05) is 5.32 Å². The molecule has 5 heteroatoms. The molecule has 5 nitrogen and oxygen atoms in total. The van der Waals surface area contributed by atoms with Gasteiger partial charge in [0.25, 0.3) is 5.91 Å². The number of carbonyl (C=O) groups is 2. The maximum absolute atomic E-state index is 12.3. The molecule has 0 atom stereocenters. The van der Waals surface area contributed by atoms with Crippen LogP contribution in [0.25, 0.3) is 0 Å². The van der Waals surface area contributed by atoms with Crippen molar-refractivity contribution in [3.8, 4) is 0 Å². The third-order valence-corrected chi connectivity index (χ3v) is 3.76. The molecule has 0 saturated carbocycles. The summed E-state index contributed by atoms with van der Waals surface area (Å²) < 4.78 is 0. The number of rotatable bonds is 7. The van der Waals surface area contributed by atoms with Gasteiger partial charge in [-0.15, -0.1) is 0 Å². The number of benzene rings is 2. The first-order valence-electron chi connectivity index (χ1n) is 8.81. The number of anilines is 1. The first-order valence-corrected chi connectivity index (χ1v) is 8.81. The van der Waals surface area contributed by atoms with Crippen molar-refractivity contribution in [3.63, 3.8) is 0 Å². The molecule has 0 radical (unpaired) electrons. The molecule has 2 N–H and O–H groups in total. The lowest BCUT2D eigenvalue weighted by Gasteiger charge is -2.08. The molecule has 0 spiro atoms. The Morgan fingerprint density at radius 2 is 1.62 bits per heavy atom. The van der Waals surface area contributed by atoms with Crippen LogP contribution in [0.2, 0.25) is 0 Å². The van der Waals surface area contributed by atoms with E-state index in [1.54, 1.807) is 24.3 Å². The smallest absolute Gasteiger partial charge is 0.271 e. The molecule has 2 amide bonds. The van der Waals surface area contributed by atoms with Crippen molar-refractivity contribution in [2.24, 2.45) is 11.0 Å². The van der Waals surface area contributed by atoms with E-state index in [0.717, 1.165) is 11.3 Å². The minimum Gasteiger partial charge on any atom is -0.326 e. The Morgan fingerprint density at radius 3 is 2.19 bits per heavy atom. The summed E-state index contributed by atoms with van der Waals surface area (Å²) in [4.78, 5) is 24.0. The lowest BCUT2D eigenvalue weighted by molar-refractivity contribution is -0.116. The highest BCUT2D eigenvalue weighted by Gasteiger charge is 2.08. The van der Waals surface area contributed by atoms with Crippen molar-refractivity contribution in [2.45, 2.75) is 33.6 Å². The monoisotopic (exact) mass is 351 g/mol. The van der Waals surface area contributed by atoms with Crippen LogP contribution in [-0.4, -0.2) is 17.5 Å². The van der Waals surface area contributed by atoms with Crippen molar-refractivity contribution in [1.82, 2.24) is 5.43 Å². The van der Waals surface area contributed by atoms with E-state index in [-0.39, 0.29) is 11.8 Å². The average Bonchev–Trinajstić information content (AvgIpc) is 2.63. The Hall–Kier alpha value is -2.95. The summed E-state index contributed by atoms with van der Waals surface area (Å²) in [6.45, 7) is 5.98. The molecule has 0 aromatic heterocycles. The highest BCUT2D eigenvalue weighted by molar-refractivity contribution is 6.02. The first-order chi connectivity index (χ1) is 12.5. The molecule has 0 aliphatic rings. The number of hydrogen-bond acceptors (Lipinski definition) is 3. The first kappa shape index (κ1) is 19.4. The van der Waals surface area contributed by atoms with E-state index in [1.807, 2.05) is 51.1 Å². The summed E-state index contributed by atoms with van der Waals surface area (Å²) in [5.74, 6) is -0.0144. The van der Waals surface area contributed by atoms with Crippen molar-refractivity contribution < 1.29 is 9.59 Å². The molecule has 2 rings (SSSR count). The fourth-order valence-corrected chi connectivity index (χ4v) is 2.45. The number of amides is 2. The zero-order valence-electron chi connectivity index (χ0n) is 15.5. The number of nitrogens with zero attached hydrogens (tertiary/aromatic N) is 1. The Labute approximate surface area is 154 Å². The number of hydrogen-bond donors (Lipinski definition) is 2. The largest absolute Gasteiger partial charge is 0.326 e. The van der Waals surface area contributed by atoms with Gasteiger partial charge in [0.1, 0.15) is 0 Å². The summed E-state index contributed by atoms with van der Waals surface area (Å²) in [7, 11) is 0. The van der Waals surface area contributed by atoms with Gasteiger partial charge in [0.05, 0.1) is 5.71 Å². The zero-order valence-corrected chi connectivity index (χ0v) is 15.5. The van der Waals surface area contributed by atoms with Crippen molar-refractivity contribution in [3.05, 3.63) is 65.7 Å². The number of hydrazone groups is 1. The second kappa shape index (κ2) is 9.51. The van der Waals surface area contributed by atoms with E-state index in [4.69, 9.17) is 0 Å². The fraction of sp³-hybridized carbons (Fsp3) is 0.286. The van der Waals surface area contributed by atoms with Gasteiger partial charge in [0.15, 0.2) is 0 Å². The van der Waals surface area contributed by atoms with Crippen molar-refractivity contribution >= 4 is 23.2 Å². The second-order valence-electron chi connectivity index (χ2n) is 6.44. The Kier molecular flexibility index (Phi) is 7.09. The molecule has 0 aliphatic carbocycles. The van der Waals surface area contributed by atoms with E-state index in [9.17, 15) is 9.59 Å². The molecular weight excluding hydrogens is 326 g/mol. The normalized spacial score (nSPS) is 11.3. The molecule has 136 valence electrons. The van der Waals surface area contributed by atoms with Crippen LogP contribution in [-0.2, 0) is 4.79 Å². The van der Waals surface area contributed by atoms with Gasteiger partial charge in [0, 0.05) is 17.7 Å². The molecule has 2 aromatic rings. The van der Waals surface area contributed by atoms with Crippen LogP contribution in [0.3, 0.4) is 0 Å². The minimum atomic E-state index is -0.285. The van der Waals surface area contributed by atoms with Gasteiger partial charge < -0.3 is 5.32 Å². The summed E-state index contributed by atoms with van der Waals surface area (Å²) in [6, 6.07) is 16.5. The maximum Gasteiger partial charge on any atom is 0.271 e. The second-order valence-corrected chi connectivity index (χ2v) is 6.44. The molecule has 0 saturated heterocycles. The topological polar surface area (TPSA) is 70.6 Å². The van der Waals surface area contributed by atoms with Crippen LogP contribution < -0.4 is 10.7 Å². The van der Waals surface area contributed by atoms with Gasteiger partial charge in [0.2, 0.25) is 5.91 Å². The molecule has 0 bridgehead atoms. The van der Waals surface area contributed by atoms with Gasteiger partial charge in [-0.2, -0.15) is 5.10 Å². The summed E-state index contributed by atoms with van der Waals surface area (Å²) in [5, 5.41) is 7.06. The highest BCUT2D eigenvalue weighted by Crippen LogP contribution is 2.11. The summed E-state index contributed by atoms with van der Waals surface area (Å²) >= 11 is 0. The predicted molar refractivity (Wildman–Crippen MR) is 105 cm³/mol. The molecule has 26 heavy (non-hydrogen) atoms. The maximum atomic E-state index is 12.3. The van der Waals surface area contributed by atoms with E-state index in [0.29, 0.717) is 30.0 Å². The SMILES string of the molecule is CC/C(=N\NC(=O)c1ccc(NC(=O)CC(C)C)cc1)c1ccccc1. The van der Waals surface area contributed by atoms with Gasteiger partial charge >= 0.3 is 0 Å². The van der Waals surface area contributed by atoms with Crippen LogP contribution in [0.1, 0.15) is 49.5 Å². The van der Waals surface area contributed by atoms with Crippen LogP contribution in [0.15, 0.2) is 59.7 Å². The zero-order chi connectivity index (χ0) is 18.9. The van der Waals surface area contributed by atoms with Crippen LogP contribution in [0.5, 0.6) is 0 Å². The Bertz CT molecular complexity index is 766. The van der Waals surface area contributed by atoms with E-state index < -0.39 is 0 Å². The summed E-state index contributed by atoms with van der Waals surface area (Å²) in [6.07, 6.45) is 1.18. The fourth-order valence-electron chi connectivity index (χ4n) is 2.45. The molecular formula is C21H25N3O2. The molecule has 0 aliphatic heterocycles. The standard InChI is InChI=1S/C21H25N3O2/c1-4-19(16-8-6-5-7-9-16)23-24-21(26)17-10-12-18(13-11-17)22-20(25)14-15(2)3/h5-13,15H,4,14H2,1-3H3,(H,22,25)(H,24,26)/b23-19+. The van der Waals surface area contributed by atoms with Gasteiger partial charge in [-0.1, -0.05) is 51.1 Å². The molecule has 0 heterocycles. The summed E-state index contributed by atoms with van der Waals surface area (Å²) in [5.41, 5.74) is 5.56. The lowest BCUT2D eigenvalue weighted by Crippen LogP contribution is -2.20. The van der Waals surface area contributed by atoms with Crippen LogP contribution in [0.4, 0.5) is 5.69 Å². The molecule has 0 unspecified atom stereocenters. The molecule has 2 aromatic carbocycles. The Balaban J connectivity index is 1.99. The van der Waals surface area contributed by atoms with E-state index in [2.05, 4.69) is 15.8 Å². The predicted octanol–water partition coefficient (Wildman–Crippen LogP) is 4.22. The number of carbonyl (C=O) groups excluding carboxylic acids is 2. The highest BCUT2D eigenvalue weighted by atomic mass is 16.2. The van der Waals surface area contributed by atoms with Crippen LogP contribution in [0, 0.1) is 5.92 Å². The lowest BCUT2D eigenvalue weighted by atomic mass is 10.1. The quantitative estimate of drug-likeness (QED) is 0.579. The van der Waals surface area contributed by atoms with E-state index >= 15 is 0 Å². The number of nitrogens with one attached hydrogen (secondary N) is 2. The van der Waals surface area contributed by atoms with Crippen molar-refractivity contribution in [1.29, 1.82) is 0 Å². The van der Waals surface area contributed by atoms with Crippen LogP contribution >= 0.6 is 0 Å². The molecule has 0 fully saturated rings. The van der Waals surface area contributed by atoms with Gasteiger partial charge in [-0.3, -0.25) is 9.59 Å². The van der Waals surface area contributed by atoms with Gasteiger partial charge in [-0.05, 0) is 42.2 Å². The van der Waals surface area contributed by atoms with E-state index in [1.165, 1.54) is 0 Å². The minimum absolute atomic E-state index is 0.0303. The average molecular weight is 351 g/mol. The Morgan fingerprint density at radius 1 is 0.962 bits per heavy atom. The van der Waals surface area contributed by atoms with Gasteiger partial charge in [-0.25, -0.2) is 5.43 Å².